The molecule has 0 aliphatic carbocycles. The Bertz CT molecular complexity index is 568. The van der Waals surface area contributed by atoms with Gasteiger partial charge in [0.1, 0.15) is 6.61 Å². The molecule has 0 aliphatic heterocycles. The molecule has 140 valence electrons. The number of methoxy groups -OCH3 is 1. The van der Waals surface area contributed by atoms with Crippen molar-refractivity contribution in [2.45, 2.75) is 33.2 Å². The topological polar surface area (TPSA) is 54.9 Å². The number of aliphatic imine (C=N–C) groups is 1. The summed E-state index contributed by atoms with van der Waals surface area (Å²) in [5, 5.41) is 6.62. The number of halogens is 1. The number of hydrogen-bond donors (Lipinski definition) is 2. The Morgan fingerprint density at radius 1 is 1.28 bits per heavy atom. The lowest BCUT2D eigenvalue weighted by Crippen LogP contribution is -2.37. The first-order chi connectivity index (χ1) is 11.6. The van der Waals surface area contributed by atoms with Gasteiger partial charge in [0, 0.05) is 20.1 Å². The van der Waals surface area contributed by atoms with Crippen molar-refractivity contribution in [2.75, 3.05) is 27.3 Å². The van der Waals surface area contributed by atoms with Gasteiger partial charge in [-0.15, -0.1) is 30.4 Å². The molecule has 0 spiro atoms. The molecule has 1 aromatic rings. The van der Waals surface area contributed by atoms with E-state index in [9.17, 15) is 0 Å². The fourth-order valence-corrected chi connectivity index (χ4v) is 2.19. The molecule has 0 heterocycles. The Kier molecular flexibility index (Phi) is 12.8. The van der Waals surface area contributed by atoms with Crippen molar-refractivity contribution in [3.8, 4) is 23.8 Å². The predicted octanol–water partition coefficient (Wildman–Crippen LogP) is 3.43. The van der Waals surface area contributed by atoms with Crippen LogP contribution in [0.2, 0.25) is 0 Å². The van der Waals surface area contributed by atoms with Crippen LogP contribution in [-0.2, 0) is 6.54 Å². The zero-order valence-electron chi connectivity index (χ0n) is 15.6. The van der Waals surface area contributed by atoms with E-state index < -0.39 is 0 Å². The molecule has 5 nitrogen and oxygen atoms in total. The zero-order valence-corrected chi connectivity index (χ0v) is 17.9. The molecule has 25 heavy (non-hydrogen) atoms. The number of hydrogen-bond acceptors (Lipinski definition) is 3. The van der Waals surface area contributed by atoms with Crippen LogP contribution in [0.15, 0.2) is 23.2 Å². The summed E-state index contributed by atoms with van der Waals surface area (Å²) in [7, 11) is 3.38. The van der Waals surface area contributed by atoms with Gasteiger partial charge in [-0.05, 0) is 36.5 Å². The lowest BCUT2D eigenvalue weighted by molar-refractivity contribution is 0.330. The van der Waals surface area contributed by atoms with Crippen LogP contribution in [0.1, 0.15) is 32.3 Å². The molecule has 6 heteroatoms. The fraction of sp³-hybridized carbons (Fsp3) is 0.526. The maximum atomic E-state index is 5.52. The summed E-state index contributed by atoms with van der Waals surface area (Å²) >= 11 is 0. The first kappa shape index (κ1) is 23.4. The highest BCUT2D eigenvalue weighted by molar-refractivity contribution is 14.0. The van der Waals surface area contributed by atoms with Crippen LogP contribution in [0, 0.1) is 18.3 Å². The van der Waals surface area contributed by atoms with Crippen molar-refractivity contribution in [3.63, 3.8) is 0 Å². The van der Waals surface area contributed by atoms with Gasteiger partial charge in [0.25, 0.3) is 0 Å². The van der Waals surface area contributed by atoms with Crippen LogP contribution in [0.25, 0.3) is 0 Å². The molecule has 0 bridgehead atoms. The first-order valence-electron chi connectivity index (χ1n) is 8.28. The molecule has 0 atom stereocenters. The van der Waals surface area contributed by atoms with Crippen LogP contribution >= 0.6 is 24.0 Å². The summed E-state index contributed by atoms with van der Waals surface area (Å²) in [6.45, 7) is 6.23. The van der Waals surface area contributed by atoms with E-state index in [1.165, 1.54) is 6.42 Å². The third-order valence-electron chi connectivity index (χ3n) is 3.47. The van der Waals surface area contributed by atoms with Gasteiger partial charge < -0.3 is 20.1 Å². The van der Waals surface area contributed by atoms with E-state index in [2.05, 4.69) is 35.4 Å². The third kappa shape index (κ3) is 9.44. The van der Waals surface area contributed by atoms with Gasteiger partial charge >= 0.3 is 0 Å². The van der Waals surface area contributed by atoms with Gasteiger partial charge in [-0.25, -0.2) is 0 Å². The molecular weight excluding hydrogens is 429 g/mol. The summed E-state index contributed by atoms with van der Waals surface area (Å²) in [5.74, 6) is 5.30. The van der Waals surface area contributed by atoms with Crippen molar-refractivity contribution in [3.05, 3.63) is 23.8 Å². The number of terminal acetylenes is 1. The van der Waals surface area contributed by atoms with Gasteiger partial charge in [-0.3, -0.25) is 4.99 Å². The molecule has 0 amide bonds. The Morgan fingerprint density at radius 3 is 2.64 bits per heavy atom. The maximum Gasteiger partial charge on any atom is 0.191 e. The molecule has 0 aliphatic rings. The van der Waals surface area contributed by atoms with E-state index in [1.807, 2.05) is 18.2 Å². The molecule has 0 aromatic heterocycles. The van der Waals surface area contributed by atoms with E-state index >= 15 is 0 Å². The minimum atomic E-state index is 0. The molecule has 1 aromatic carbocycles. The largest absolute Gasteiger partial charge is 0.493 e. The smallest absolute Gasteiger partial charge is 0.191 e. The van der Waals surface area contributed by atoms with Crippen molar-refractivity contribution < 1.29 is 9.47 Å². The summed E-state index contributed by atoms with van der Waals surface area (Å²) < 4.78 is 10.8. The molecule has 2 N–H and O–H groups in total. The Morgan fingerprint density at radius 2 is 2.04 bits per heavy atom. The quantitative estimate of drug-likeness (QED) is 0.195. The van der Waals surface area contributed by atoms with Gasteiger partial charge in [-0.1, -0.05) is 25.8 Å². The number of ether oxygens (including phenoxy) is 2. The normalized spacial score (nSPS) is 10.6. The third-order valence-corrected chi connectivity index (χ3v) is 3.47. The van der Waals surface area contributed by atoms with Crippen molar-refractivity contribution >= 4 is 29.9 Å². The molecule has 0 radical (unpaired) electrons. The second-order valence-corrected chi connectivity index (χ2v) is 5.87. The summed E-state index contributed by atoms with van der Waals surface area (Å²) in [4.78, 5) is 4.24. The number of nitrogens with one attached hydrogen (secondary N) is 2. The minimum Gasteiger partial charge on any atom is -0.493 e. The molecule has 0 fully saturated rings. The average molecular weight is 459 g/mol. The van der Waals surface area contributed by atoms with Gasteiger partial charge in [-0.2, -0.15) is 0 Å². The zero-order chi connectivity index (χ0) is 17.8. The lowest BCUT2D eigenvalue weighted by Gasteiger charge is -2.14. The SMILES string of the molecule is C#CCOc1cc(CNC(=NC)NCCCC(C)C)ccc1OC.I. The minimum absolute atomic E-state index is 0. The van der Waals surface area contributed by atoms with Gasteiger partial charge in [0.05, 0.1) is 7.11 Å². The Balaban J connectivity index is 0.00000576. The molecule has 0 saturated heterocycles. The second-order valence-electron chi connectivity index (χ2n) is 5.87. The number of nitrogens with zero attached hydrogens (tertiary/aromatic N) is 1. The van der Waals surface area contributed by atoms with E-state index in [4.69, 9.17) is 15.9 Å². The van der Waals surface area contributed by atoms with Crippen molar-refractivity contribution in [2.24, 2.45) is 10.9 Å². The molecule has 0 saturated carbocycles. The highest BCUT2D eigenvalue weighted by atomic mass is 127. The van der Waals surface area contributed by atoms with Crippen LogP contribution < -0.4 is 20.1 Å². The molecule has 0 unspecified atom stereocenters. The van der Waals surface area contributed by atoms with Crippen LogP contribution in [0.5, 0.6) is 11.5 Å². The van der Waals surface area contributed by atoms with E-state index in [0.29, 0.717) is 18.0 Å². The van der Waals surface area contributed by atoms with Crippen LogP contribution in [0.4, 0.5) is 0 Å². The average Bonchev–Trinajstić information content (AvgIpc) is 2.59. The standard InChI is InChI=1S/C19H29N3O2.HI/c1-6-12-24-18-13-16(9-10-17(18)23-5)14-22-19(20-4)21-11-7-8-15(2)3;/h1,9-10,13,15H,7-8,11-12,14H2,2-5H3,(H2,20,21,22);1H. The van der Waals surface area contributed by atoms with Crippen molar-refractivity contribution in [1.82, 2.24) is 10.6 Å². The summed E-state index contributed by atoms with van der Waals surface area (Å²) in [6.07, 6.45) is 7.58. The summed E-state index contributed by atoms with van der Waals surface area (Å²) in [6, 6.07) is 5.79. The van der Waals surface area contributed by atoms with E-state index in [0.717, 1.165) is 30.4 Å². The molecular formula is C19H30IN3O2. The highest BCUT2D eigenvalue weighted by Crippen LogP contribution is 2.27. The predicted molar refractivity (Wildman–Crippen MR) is 115 cm³/mol. The van der Waals surface area contributed by atoms with Gasteiger partial charge in [0.2, 0.25) is 0 Å². The number of rotatable bonds is 9. The van der Waals surface area contributed by atoms with E-state index in [1.54, 1.807) is 14.2 Å². The number of guanidine groups is 1. The van der Waals surface area contributed by atoms with E-state index in [-0.39, 0.29) is 30.6 Å². The summed E-state index contributed by atoms with van der Waals surface area (Å²) in [5.41, 5.74) is 1.06. The molecule has 1 rings (SSSR count). The maximum absolute atomic E-state index is 5.52. The van der Waals surface area contributed by atoms with Crippen LogP contribution in [-0.4, -0.2) is 33.3 Å². The fourth-order valence-electron chi connectivity index (χ4n) is 2.19. The van der Waals surface area contributed by atoms with Gasteiger partial charge in [0.15, 0.2) is 17.5 Å². The second kappa shape index (κ2) is 13.6. The lowest BCUT2D eigenvalue weighted by atomic mass is 10.1. The Hall–Kier alpha value is -1.62. The first-order valence-corrected chi connectivity index (χ1v) is 8.28. The monoisotopic (exact) mass is 459 g/mol. The Labute approximate surface area is 169 Å². The number of benzene rings is 1. The van der Waals surface area contributed by atoms with Crippen molar-refractivity contribution in [1.29, 1.82) is 0 Å². The van der Waals surface area contributed by atoms with Crippen LogP contribution in [0.3, 0.4) is 0 Å². The highest BCUT2D eigenvalue weighted by Gasteiger charge is 2.06.